The molecule has 5 rings (SSSR count). The average molecular weight is 553 g/mol. The lowest BCUT2D eigenvalue weighted by Crippen LogP contribution is -2.33. The second-order valence-corrected chi connectivity index (χ2v) is 14.0. The van der Waals surface area contributed by atoms with Gasteiger partial charge in [-0.3, -0.25) is 9.13 Å². The van der Waals surface area contributed by atoms with Crippen LogP contribution in [0.3, 0.4) is 0 Å². The minimum absolute atomic E-state index is 0.00468. The Morgan fingerprint density at radius 3 is 2.57 bits per heavy atom. The third-order valence-electron chi connectivity index (χ3n) is 7.06. The first-order valence-corrected chi connectivity index (χ1v) is 15.1. The van der Waals surface area contributed by atoms with Gasteiger partial charge in [0, 0.05) is 11.6 Å². The van der Waals surface area contributed by atoms with Crippen LogP contribution in [0.1, 0.15) is 43.9 Å². The Morgan fingerprint density at radius 2 is 1.94 bits per heavy atom. The number of hydrogen-bond acceptors (Lipinski definition) is 9. The van der Waals surface area contributed by atoms with Gasteiger partial charge in [0.15, 0.2) is 16.7 Å². The summed E-state index contributed by atoms with van der Waals surface area (Å²) in [4.78, 5) is 32.0. The Hall–Kier alpha value is -1.11. The number of imidazole rings is 1. The smallest absolute Gasteiger partial charge is 0.340 e. The zero-order valence-electron chi connectivity index (χ0n) is 18.5. The van der Waals surface area contributed by atoms with E-state index in [1.54, 1.807) is 6.07 Å². The molecule has 1 unspecified atom stereocenters. The predicted molar refractivity (Wildman–Crippen MR) is 123 cm³/mol. The number of nitrogens with zero attached hydrogens (tertiary/aromatic N) is 3. The SMILES string of the molecule is O=P(O)(O)CP(=O)(O)OC[C@H]1O[C@@H](c2cnc3c(NC45CCC(CC4)C5)cc(Cl)nn23)[C@H](O)[C@@H]1O. The van der Waals surface area contributed by atoms with Crippen molar-refractivity contribution < 1.29 is 43.3 Å². The summed E-state index contributed by atoms with van der Waals surface area (Å²) in [5, 5.41) is 29.1. The summed E-state index contributed by atoms with van der Waals surface area (Å²) in [7, 11) is -9.47. The molecule has 5 atom stereocenters. The summed E-state index contributed by atoms with van der Waals surface area (Å²) in [5.74, 6) is -0.646. The van der Waals surface area contributed by atoms with E-state index >= 15 is 0 Å². The van der Waals surface area contributed by atoms with Crippen molar-refractivity contribution in [3.8, 4) is 0 Å². The number of aliphatic hydroxyl groups excluding tert-OH is 2. The first-order valence-electron chi connectivity index (χ1n) is 11.2. The monoisotopic (exact) mass is 552 g/mol. The maximum absolute atomic E-state index is 11.9. The summed E-state index contributed by atoms with van der Waals surface area (Å²) in [6.45, 7) is -0.677. The molecule has 35 heavy (non-hydrogen) atoms. The van der Waals surface area contributed by atoms with Crippen molar-refractivity contribution in [1.82, 2.24) is 14.6 Å². The van der Waals surface area contributed by atoms with Gasteiger partial charge >= 0.3 is 15.2 Å². The third-order valence-corrected chi connectivity index (χ3v) is 10.7. The van der Waals surface area contributed by atoms with Gasteiger partial charge in [-0.05, 0) is 38.0 Å². The molecule has 3 aliphatic rings. The van der Waals surface area contributed by atoms with Crippen LogP contribution in [0.25, 0.3) is 5.65 Å². The number of rotatable bonds is 8. The Labute approximate surface area is 205 Å². The highest BCUT2D eigenvalue weighted by Crippen LogP contribution is 2.55. The molecular formula is C19H27ClN4O9P2. The van der Waals surface area contributed by atoms with Gasteiger partial charge in [0.1, 0.15) is 24.4 Å². The average Bonchev–Trinajstić information content (AvgIpc) is 3.50. The van der Waals surface area contributed by atoms with E-state index in [9.17, 15) is 24.2 Å². The Kier molecular flexibility index (Phi) is 6.58. The van der Waals surface area contributed by atoms with Crippen molar-refractivity contribution in [2.75, 3.05) is 17.8 Å². The maximum atomic E-state index is 11.9. The molecule has 0 aromatic carbocycles. The van der Waals surface area contributed by atoms with Crippen molar-refractivity contribution >= 4 is 38.1 Å². The molecule has 6 N–H and O–H groups in total. The number of halogens is 1. The largest absolute Gasteiger partial charge is 0.387 e. The summed E-state index contributed by atoms with van der Waals surface area (Å²) < 4.78 is 34.8. The first-order chi connectivity index (χ1) is 16.3. The molecule has 2 bridgehead atoms. The van der Waals surface area contributed by atoms with Crippen LogP contribution < -0.4 is 5.32 Å². The quantitative estimate of drug-likeness (QED) is 0.259. The van der Waals surface area contributed by atoms with Crippen molar-refractivity contribution in [2.24, 2.45) is 5.92 Å². The summed E-state index contributed by atoms with van der Waals surface area (Å²) >= 11 is 6.30. The van der Waals surface area contributed by atoms with Crippen molar-refractivity contribution in [1.29, 1.82) is 0 Å². The molecule has 2 saturated carbocycles. The Morgan fingerprint density at radius 1 is 1.23 bits per heavy atom. The highest BCUT2D eigenvalue weighted by molar-refractivity contribution is 7.70. The van der Waals surface area contributed by atoms with Crippen LogP contribution in [-0.4, -0.2) is 75.9 Å². The number of aromatic nitrogens is 3. The maximum Gasteiger partial charge on any atom is 0.340 e. The summed E-state index contributed by atoms with van der Waals surface area (Å²) in [6, 6.07) is 1.70. The van der Waals surface area contributed by atoms with E-state index in [2.05, 4.69) is 15.4 Å². The van der Waals surface area contributed by atoms with Crippen molar-refractivity contribution in [3.05, 3.63) is 23.1 Å². The van der Waals surface area contributed by atoms with Crippen LogP contribution in [0.2, 0.25) is 5.15 Å². The van der Waals surface area contributed by atoms with E-state index in [0.717, 1.165) is 25.2 Å². The van der Waals surface area contributed by atoms with Crippen LogP contribution in [0.5, 0.6) is 0 Å². The second kappa shape index (κ2) is 9.02. The second-order valence-electron chi connectivity index (χ2n) is 9.67. The van der Waals surface area contributed by atoms with E-state index in [4.69, 9.17) is 30.6 Å². The zero-order valence-corrected chi connectivity index (χ0v) is 21.0. The fourth-order valence-electron chi connectivity index (χ4n) is 5.49. The molecule has 0 amide bonds. The molecule has 16 heteroatoms. The lowest BCUT2D eigenvalue weighted by molar-refractivity contribution is -0.0204. The van der Waals surface area contributed by atoms with E-state index < -0.39 is 52.1 Å². The van der Waals surface area contributed by atoms with Gasteiger partial charge in [-0.15, -0.1) is 0 Å². The van der Waals surface area contributed by atoms with Crippen LogP contribution in [-0.2, 0) is 18.4 Å². The highest BCUT2D eigenvalue weighted by atomic mass is 35.5. The molecule has 2 aromatic heterocycles. The Bertz CT molecular complexity index is 1210. The number of hydrogen-bond donors (Lipinski definition) is 6. The first kappa shape index (κ1) is 25.5. The third kappa shape index (κ3) is 5.17. The fourth-order valence-corrected chi connectivity index (χ4v) is 8.24. The molecule has 2 aromatic rings. The molecule has 194 valence electrons. The fraction of sp³-hybridized carbons (Fsp3) is 0.684. The number of nitrogens with one attached hydrogen (secondary N) is 1. The molecular weight excluding hydrogens is 526 g/mol. The number of fused-ring (bicyclic) bond motifs is 3. The van der Waals surface area contributed by atoms with Gasteiger partial charge in [-0.25, -0.2) is 9.50 Å². The van der Waals surface area contributed by atoms with Crippen LogP contribution in [0.15, 0.2) is 12.3 Å². The lowest BCUT2D eigenvalue weighted by atomic mass is 9.93. The molecule has 3 heterocycles. The van der Waals surface area contributed by atoms with Crippen molar-refractivity contribution in [3.63, 3.8) is 0 Å². The van der Waals surface area contributed by atoms with Crippen LogP contribution in [0, 0.1) is 5.92 Å². The standard InChI is InChI=1S/C19H27ClN4O9P2/c20-14-5-11(22-19-3-1-10(6-19)2-4-19)18-21-7-12(24(18)23-14)17-16(26)15(25)13(33-17)8-32-35(30,31)9-34(27,28)29/h5,7,10,13,15-17,22,25-26H,1-4,6,8-9H2,(H,30,31)(H2,27,28,29)/t10?,13-,15-,16-,17+,19?/m1/s1. The van der Waals surface area contributed by atoms with E-state index in [1.807, 2.05) is 0 Å². The minimum Gasteiger partial charge on any atom is -0.387 e. The van der Waals surface area contributed by atoms with E-state index in [-0.39, 0.29) is 10.7 Å². The zero-order chi connectivity index (χ0) is 25.2. The number of ether oxygens (including phenoxy) is 1. The normalized spacial score (nSPS) is 34.5. The lowest BCUT2D eigenvalue weighted by Gasteiger charge is -2.29. The highest BCUT2D eigenvalue weighted by Gasteiger charge is 2.47. The molecule has 1 aliphatic heterocycles. The minimum atomic E-state index is -4.81. The predicted octanol–water partition coefficient (Wildman–Crippen LogP) is 1.63. The van der Waals surface area contributed by atoms with Gasteiger partial charge in [-0.1, -0.05) is 11.6 Å². The molecule has 0 radical (unpaired) electrons. The van der Waals surface area contributed by atoms with Gasteiger partial charge < -0.3 is 39.5 Å². The van der Waals surface area contributed by atoms with Crippen LogP contribution >= 0.6 is 26.8 Å². The number of anilines is 1. The molecule has 13 nitrogen and oxygen atoms in total. The molecule has 0 spiro atoms. The van der Waals surface area contributed by atoms with Gasteiger partial charge in [0.05, 0.1) is 24.2 Å². The van der Waals surface area contributed by atoms with Crippen LogP contribution in [0.4, 0.5) is 5.69 Å². The van der Waals surface area contributed by atoms with Gasteiger partial charge in [0.25, 0.3) is 0 Å². The topological polar surface area (TPSA) is 196 Å². The summed E-state index contributed by atoms with van der Waals surface area (Å²) in [5.41, 5.74) is 1.47. The van der Waals surface area contributed by atoms with E-state index in [1.165, 1.54) is 23.6 Å². The van der Waals surface area contributed by atoms with Crippen molar-refractivity contribution in [2.45, 2.75) is 62.1 Å². The molecule has 3 fully saturated rings. The molecule has 1 saturated heterocycles. The van der Waals surface area contributed by atoms with E-state index in [0.29, 0.717) is 17.0 Å². The van der Waals surface area contributed by atoms with Gasteiger partial charge in [0.2, 0.25) is 0 Å². The van der Waals surface area contributed by atoms with Gasteiger partial charge in [-0.2, -0.15) is 5.10 Å². The number of aliphatic hydroxyl groups is 2. The Balaban J connectivity index is 1.36. The summed E-state index contributed by atoms with van der Waals surface area (Å²) in [6.07, 6.45) is 1.69. The molecule has 2 aliphatic carbocycles.